The molecule has 4 heteroatoms. The molecule has 0 fully saturated rings. The van der Waals surface area contributed by atoms with E-state index in [9.17, 15) is 0 Å². The molecule has 0 amide bonds. The molecule has 0 saturated heterocycles. The van der Waals surface area contributed by atoms with Crippen LogP contribution < -0.4 is 24.8 Å². The standard InChI is InChI=1S/C8H11.C5H5.C2H6Si.2ClH.Zr/c1-2-5-8-6-3-4-7-8;1-2-4-5-3-1;1-3-2;;;/h3-4,6-7H,2,5H2,1H3;1-5H;1-2H3;2*1H;/q;;;;;+2/p-2. The van der Waals surface area contributed by atoms with Crippen LogP contribution in [-0.2, 0) is 20.4 Å². The molecule has 2 aliphatic rings. The van der Waals surface area contributed by atoms with Crippen LogP contribution in [0.3, 0.4) is 0 Å². The molecule has 2 rings (SSSR count). The van der Waals surface area contributed by atoms with Crippen LogP contribution in [0.15, 0.2) is 48.1 Å². The first-order chi connectivity index (χ1) is 8.22. The fraction of sp³-hybridized carbons (Fsp3) is 0.467. The minimum absolute atomic E-state index is 0. The van der Waals surface area contributed by atoms with Crippen molar-refractivity contribution in [2.75, 3.05) is 0 Å². The molecule has 1 unspecified atom stereocenters. The average Bonchev–Trinajstić information content (AvgIpc) is 2.91. The van der Waals surface area contributed by atoms with Gasteiger partial charge in [-0.15, -0.1) is 0 Å². The Balaban J connectivity index is 0.00000162. The first-order valence-electron chi connectivity index (χ1n) is 6.63. The molecule has 0 N–H and O–H groups in total. The summed E-state index contributed by atoms with van der Waals surface area (Å²) in [7, 11) is 0. The number of allylic oxidation sites excluding steroid dienone is 8. The maximum atomic E-state index is 2.61. The van der Waals surface area contributed by atoms with Gasteiger partial charge in [-0.3, -0.25) is 0 Å². The molecule has 0 aromatic heterocycles. The third-order valence-corrected chi connectivity index (χ3v) is 22.5. The Bertz CT molecular complexity index is 431. The summed E-state index contributed by atoms with van der Waals surface area (Å²) in [6.45, 7) is 7.36. The Morgan fingerprint density at radius 2 is 1.68 bits per heavy atom. The van der Waals surface area contributed by atoms with Gasteiger partial charge in [0.1, 0.15) is 0 Å². The Kier molecular flexibility index (Phi) is 9.88. The molecule has 2 aliphatic carbocycles. The molecule has 0 aromatic rings. The summed E-state index contributed by atoms with van der Waals surface area (Å²) in [6.07, 6.45) is 19.5. The van der Waals surface area contributed by atoms with Crippen molar-refractivity contribution in [2.45, 2.75) is 40.1 Å². The third-order valence-electron chi connectivity index (χ3n) is 3.49. The van der Waals surface area contributed by atoms with Crippen molar-refractivity contribution in [1.82, 2.24) is 0 Å². The molecule has 1 atom stereocenters. The van der Waals surface area contributed by atoms with Gasteiger partial charge in [0.15, 0.2) is 0 Å². The van der Waals surface area contributed by atoms with Gasteiger partial charge in [-0.25, -0.2) is 0 Å². The molecule has 0 saturated carbocycles. The van der Waals surface area contributed by atoms with Crippen LogP contribution >= 0.6 is 0 Å². The Hall–Kier alpha value is 0.640. The summed E-state index contributed by atoms with van der Waals surface area (Å²) in [5.41, 5.74) is 1.52. The van der Waals surface area contributed by atoms with Gasteiger partial charge in [-0.2, -0.15) is 0 Å². The molecule has 0 bridgehead atoms. The van der Waals surface area contributed by atoms with E-state index in [1.165, 1.54) is 12.8 Å². The minimum Gasteiger partial charge on any atom is -1.00 e. The SMILES string of the molecule is CCCC1=C[CH]([Zr+2]([CH]2C=CC=C2)=[Si](C)C)C=C1.[Cl-].[Cl-]. The maximum absolute atomic E-state index is 2.61. The van der Waals surface area contributed by atoms with Crippen LogP contribution in [0.1, 0.15) is 19.8 Å². The topological polar surface area (TPSA) is 0 Å². The summed E-state index contributed by atoms with van der Waals surface area (Å²) >= 11 is -1.35. The van der Waals surface area contributed by atoms with Crippen molar-refractivity contribution in [2.24, 2.45) is 0 Å². The van der Waals surface area contributed by atoms with Crippen LogP contribution in [0, 0.1) is 0 Å². The molecule has 0 aromatic carbocycles. The molecule has 19 heavy (non-hydrogen) atoms. The van der Waals surface area contributed by atoms with E-state index in [4.69, 9.17) is 0 Å². The summed E-state index contributed by atoms with van der Waals surface area (Å²) in [5, 5.41) is 0. The van der Waals surface area contributed by atoms with E-state index < -0.39 is 20.4 Å². The van der Waals surface area contributed by atoms with Gasteiger partial charge in [0, 0.05) is 0 Å². The first-order valence-corrected chi connectivity index (χ1v) is 15.7. The van der Waals surface area contributed by atoms with E-state index in [1.54, 1.807) is 5.57 Å². The molecule has 104 valence electrons. The minimum atomic E-state index is -1.35. The van der Waals surface area contributed by atoms with E-state index in [0.717, 1.165) is 7.25 Å². The molecule has 0 heterocycles. The molecular formula is C15H22Cl2SiZr. The monoisotopic (exact) mass is 390 g/mol. The predicted octanol–water partition coefficient (Wildman–Crippen LogP) is -1.14. The zero-order valence-corrected chi connectivity index (χ0v) is 16.8. The van der Waals surface area contributed by atoms with Gasteiger partial charge in [0.25, 0.3) is 0 Å². The fourth-order valence-corrected chi connectivity index (χ4v) is 20.5. The van der Waals surface area contributed by atoms with Crippen molar-refractivity contribution in [3.63, 3.8) is 0 Å². The summed E-state index contributed by atoms with van der Waals surface area (Å²) in [5.74, 6) is 0. The summed E-state index contributed by atoms with van der Waals surface area (Å²) < 4.78 is 1.74. The van der Waals surface area contributed by atoms with Crippen molar-refractivity contribution >= 4 is 5.43 Å². The van der Waals surface area contributed by atoms with Gasteiger partial charge in [-0.1, -0.05) is 0 Å². The van der Waals surface area contributed by atoms with Crippen LogP contribution in [0.25, 0.3) is 0 Å². The van der Waals surface area contributed by atoms with Gasteiger partial charge in [0.05, 0.1) is 0 Å². The van der Waals surface area contributed by atoms with Crippen molar-refractivity contribution in [1.29, 1.82) is 0 Å². The molecular weight excluding hydrogens is 370 g/mol. The van der Waals surface area contributed by atoms with E-state index in [0.29, 0.717) is 0 Å². The number of hydrogen-bond acceptors (Lipinski definition) is 0. The van der Waals surface area contributed by atoms with Crippen LogP contribution in [0.2, 0.25) is 20.3 Å². The average molecular weight is 393 g/mol. The quantitative estimate of drug-likeness (QED) is 0.531. The number of hydrogen-bond donors (Lipinski definition) is 0. The Morgan fingerprint density at radius 3 is 2.21 bits per heavy atom. The van der Waals surface area contributed by atoms with Crippen LogP contribution in [0.5, 0.6) is 0 Å². The van der Waals surface area contributed by atoms with Gasteiger partial charge in [-0.05, 0) is 0 Å². The van der Waals surface area contributed by atoms with Gasteiger partial charge >= 0.3 is 114 Å². The van der Waals surface area contributed by atoms with E-state index in [2.05, 4.69) is 62.5 Å². The molecule has 0 radical (unpaired) electrons. The van der Waals surface area contributed by atoms with Crippen molar-refractivity contribution in [3.8, 4) is 0 Å². The smallest absolute Gasteiger partial charge is 1.00 e. The second-order valence-electron chi connectivity index (χ2n) is 5.13. The second-order valence-corrected chi connectivity index (χ2v) is 23.4. The van der Waals surface area contributed by atoms with E-state index >= 15 is 0 Å². The third kappa shape index (κ3) is 5.16. The van der Waals surface area contributed by atoms with E-state index in [-0.39, 0.29) is 30.2 Å². The van der Waals surface area contributed by atoms with Crippen molar-refractivity contribution in [3.05, 3.63) is 48.1 Å². The van der Waals surface area contributed by atoms with Gasteiger partial charge in [0.2, 0.25) is 0 Å². The Labute approximate surface area is 138 Å². The van der Waals surface area contributed by atoms with Crippen molar-refractivity contribution < 1.29 is 45.2 Å². The van der Waals surface area contributed by atoms with Crippen LogP contribution in [0.4, 0.5) is 0 Å². The number of rotatable bonds is 4. The molecule has 0 nitrogen and oxygen atoms in total. The van der Waals surface area contributed by atoms with Gasteiger partial charge < -0.3 is 24.8 Å². The zero-order chi connectivity index (χ0) is 12.3. The number of halogens is 2. The van der Waals surface area contributed by atoms with E-state index in [1.807, 2.05) is 0 Å². The predicted molar refractivity (Wildman–Crippen MR) is 75.4 cm³/mol. The molecule has 0 aliphatic heterocycles. The normalized spacial score (nSPS) is 19.5. The summed E-state index contributed by atoms with van der Waals surface area (Å²) in [4.78, 5) is 0. The zero-order valence-electron chi connectivity index (χ0n) is 11.9. The maximum Gasteiger partial charge on any atom is -1.00 e. The fourth-order valence-electron chi connectivity index (χ4n) is 2.75. The second kappa shape index (κ2) is 9.55. The largest absolute Gasteiger partial charge is 1.00 e. The Morgan fingerprint density at radius 1 is 1.05 bits per heavy atom. The first kappa shape index (κ1) is 19.6. The molecule has 0 spiro atoms. The summed E-state index contributed by atoms with van der Waals surface area (Å²) in [6, 6.07) is 0. The van der Waals surface area contributed by atoms with Crippen LogP contribution in [-0.4, -0.2) is 5.43 Å².